The zero-order valence-electron chi connectivity index (χ0n) is 15.3. The minimum Gasteiger partial charge on any atom is -0.324 e. The molecule has 0 saturated carbocycles. The first kappa shape index (κ1) is 20.5. The van der Waals surface area contributed by atoms with Crippen molar-refractivity contribution < 1.29 is 13.2 Å². The van der Waals surface area contributed by atoms with Gasteiger partial charge < -0.3 is 5.32 Å². The number of nitrogens with one attached hydrogen (secondary N) is 1. The highest BCUT2D eigenvalue weighted by Gasteiger charge is 2.26. The maximum atomic E-state index is 12.5. The number of carbonyl (C=O) groups excluding carboxylic acids is 1. The normalized spacial score (nSPS) is 16.3. The molecule has 2 aromatic carbocycles. The van der Waals surface area contributed by atoms with Crippen molar-refractivity contribution in [3.05, 3.63) is 70.6 Å². The van der Waals surface area contributed by atoms with E-state index in [0.29, 0.717) is 36.9 Å². The second-order valence-electron chi connectivity index (χ2n) is 6.46. The number of nitrogens with zero attached hydrogens (tertiary/aromatic N) is 2. The van der Waals surface area contributed by atoms with Crippen LogP contribution in [0.5, 0.6) is 0 Å². The van der Waals surface area contributed by atoms with Crippen LogP contribution in [0.2, 0.25) is 5.02 Å². The zero-order valence-corrected chi connectivity index (χ0v) is 16.9. The van der Waals surface area contributed by atoms with E-state index in [-0.39, 0.29) is 12.5 Å². The number of rotatable bonds is 6. The fraction of sp³-hybridized carbons (Fsp3) is 0.250. The largest absolute Gasteiger partial charge is 0.324 e. The summed E-state index contributed by atoms with van der Waals surface area (Å²) in [6, 6.07) is 16.3. The summed E-state index contributed by atoms with van der Waals surface area (Å²) in [5.74, 6) is -0.173. The highest BCUT2D eigenvalue weighted by atomic mass is 35.5. The van der Waals surface area contributed by atoms with Crippen LogP contribution in [-0.2, 0) is 14.8 Å². The van der Waals surface area contributed by atoms with Gasteiger partial charge in [0.1, 0.15) is 0 Å². The van der Waals surface area contributed by atoms with Gasteiger partial charge in [0.05, 0.1) is 17.3 Å². The van der Waals surface area contributed by atoms with E-state index in [1.54, 1.807) is 30.3 Å². The molecule has 1 fully saturated rings. The number of sulfonamides is 1. The van der Waals surface area contributed by atoms with Gasteiger partial charge in [0.15, 0.2) is 0 Å². The van der Waals surface area contributed by atoms with E-state index in [1.165, 1.54) is 9.71 Å². The molecule has 1 aliphatic rings. The Hall–Kier alpha value is -2.19. The molecule has 1 amide bonds. The lowest BCUT2D eigenvalue weighted by atomic mass is 10.2. The van der Waals surface area contributed by atoms with Gasteiger partial charge in [-0.25, -0.2) is 8.42 Å². The first-order chi connectivity index (χ1) is 13.4. The summed E-state index contributed by atoms with van der Waals surface area (Å²) in [7, 11) is -3.48. The fourth-order valence-electron chi connectivity index (χ4n) is 2.91. The third-order valence-corrected chi connectivity index (χ3v) is 6.33. The van der Waals surface area contributed by atoms with E-state index in [9.17, 15) is 13.2 Å². The Labute approximate surface area is 170 Å². The van der Waals surface area contributed by atoms with Gasteiger partial charge in [0, 0.05) is 31.6 Å². The topological polar surface area (TPSA) is 69.7 Å². The van der Waals surface area contributed by atoms with E-state index in [4.69, 9.17) is 11.6 Å². The average Bonchev–Trinajstić information content (AvgIpc) is 2.69. The van der Waals surface area contributed by atoms with Crippen LogP contribution in [0.25, 0.3) is 6.08 Å². The van der Waals surface area contributed by atoms with Crippen LogP contribution < -0.4 is 5.32 Å². The Balaban J connectivity index is 1.50. The first-order valence-corrected chi connectivity index (χ1v) is 10.8. The number of anilines is 1. The van der Waals surface area contributed by atoms with Gasteiger partial charge in [-0.1, -0.05) is 54.1 Å². The maximum absolute atomic E-state index is 12.5. The molecule has 0 unspecified atom stereocenters. The molecule has 148 valence electrons. The van der Waals surface area contributed by atoms with Crippen LogP contribution >= 0.6 is 11.6 Å². The van der Waals surface area contributed by atoms with Crippen molar-refractivity contribution in [2.75, 3.05) is 38.0 Å². The van der Waals surface area contributed by atoms with Crippen molar-refractivity contribution in [1.82, 2.24) is 9.21 Å². The summed E-state index contributed by atoms with van der Waals surface area (Å²) in [6.07, 6.45) is 1.60. The summed E-state index contributed by atoms with van der Waals surface area (Å²) < 4.78 is 26.4. The van der Waals surface area contributed by atoms with Crippen LogP contribution in [0.4, 0.5) is 5.69 Å². The summed E-state index contributed by atoms with van der Waals surface area (Å²) in [6.45, 7) is 1.88. The van der Waals surface area contributed by atoms with Crippen molar-refractivity contribution in [1.29, 1.82) is 0 Å². The summed E-state index contributed by atoms with van der Waals surface area (Å²) in [4.78, 5) is 14.1. The second-order valence-corrected chi connectivity index (χ2v) is 8.69. The Morgan fingerprint density at radius 1 is 1.00 bits per heavy atom. The number of para-hydroxylation sites is 1. The molecule has 6 nitrogen and oxygen atoms in total. The highest BCUT2D eigenvalue weighted by Crippen LogP contribution is 2.20. The number of carbonyl (C=O) groups is 1. The first-order valence-electron chi connectivity index (χ1n) is 8.94. The smallest absolute Gasteiger partial charge is 0.238 e. The third-order valence-electron chi connectivity index (χ3n) is 4.44. The van der Waals surface area contributed by atoms with E-state index >= 15 is 0 Å². The van der Waals surface area contributed by atoms with Crippen LogP contribution in [0.3, 0.4) is 0 Å². The molecule has 8 heteroatoms. The summed E-state index contributed by atoms with van der Waals surface area (Å²) in [5.41, 5.74) is 1.40. The number of amides is 1. The van der Waals surface area contributed by atoms with Crippen molar-refractivity contribution in [2.45, 2.75) is 0 Å². The molecule has 2 aromatic rings. The molecule has 1 heterocycles. The Morgan fingerprint density at radius 2 is 1.64 bits per heavy atom. The minimum atomic E-state index is -3.48. The molecule has 28 heavy (non-hydrogen) atoms. The molecule has 0 bridgehead atoms. The third kappa shape index (κ3) is 5.65. The lowest BCUT2D eigenvalue weighted by Crippen LogP contribution is -2.49. The molecule has 0 aliphatic carbocycles. The van der Waals surface area contributed by atoms with Gasteiger partial charge >= 0.3 is 0 Å². The van der Waals surface area contributed by atoms with Crippen molar-refractivity contribution in [2.24, 2.45) is 0 Å². The fourth-order valence-corrected chi connectivity index (χ4v) is 4.27. The van der Waals surface area contributed by atoms with Crippen molar-refractivity contribution in [3.63, 3.8) is 0 Å². The van der Waals surface area contributed by atoms with Crippen molar-refractivity contribution in [3.8, 4) is 0 Å². The molecule has 3 rings (SSSR count). The van der Waals surface area contributed by atoms with E-state index in [2.05, 4.69) is 5.32 Å². The van der Waals surface area contributed by atoms with Gasteiger partial charge in [-0.3, -0.25) is 9.69 Å². The molecule has 0 radical (unpaired) electrons. The molecule has 1 N–H and O–H groups in total. The van der Waals surface area contributed by atoms with Gasteiger partial charge in [-0.15, -0.1) is 0 Å². The lowest BCUT2D eigenvalue weighted by Gasteiger charge is -2.32. The van der Waals surface area contributed by atoms with Gasteiger partial charge in [-0.05, 0) is 23.8 Å². The van der Waals surface area contributed by atoms with E-state index in [0.717, 1.165) is 5.56 Å². The van der Waals surface area contributed by atoms with Crippen LogP contribution in [0.1, 0.15) is 5.56 Å². The molecular formula is C20H22ClN3O3S. The minimum absolute atomic E-state index is 0.173. The molecule has 1 saturated heterocycles. The number of hydrogen-bond donors (Lipinski definition) is 1. The number of halogens is 1. The van der Waals surface area contributed by atoms with Crippen LogP contribution in [-0.4, -0.2) is 56.3 Å². The molecule has 0 spiro atoms. The van der Waals surface area contributed by atoms with E-state index < -0.39 is 10.0 Å². The summed E-state index contributed by atoms with van der Waals surface area (Å²) >= 11 is 6.05. The quantitative estimate of drug-likeness (QED) is 0.781. The van der Waals surface area contributed by atoms with Crippen LogP contribution in [0, 0.1) is 0 Å². The molecule has 0 aromatic heterocycles. The second kappa shape index (κ2) is 9.34. The monoisotopic (exact) mass is 419 g/mol. The Kier molecular flexibility index (Phi) is 6.85. The van der Waals surface area contributed by atoms with Gasteiger partial charge in [0.2, 0.25) is 15.9 Å². The predicted octanol–water partition coefficient (Wildman–Crippen LogP) is 2.90. The van der Waals surface area contributed by atoms with Gasteiger partial charge in [-0.2, -0.15) is 4.31 Å². The molecule has 0 atom stereocenters. The van der Waals surface area contributed by atoms with Crippen molar-refractivity contribution >= 4 is 39.3 Å². The summed E-state index contributed by atoms with van der Waals surface area (Å²) in [5, 5.41) is 4.50. The zero-order chi connectivity index (χ0) is 20.0. The number of piperazine rings is 1. The SMILES string of the molecule is O=C(CN1CCN(S(=O)(=O)C=Cc2ccccc2)CC1)Nc1ccccc1Cl. The van der Waals surface area contributed by atoms with Gasteiger partial charge in [0.25, 0.3) is 0 Å². The van der Waals surface area contributed by atoms with Crippen LogP contribution in [0.15, 0.2) is 60.0 Å². The predicted molar refractivity (Wildman–Crippen MR) is 112 cm³/mol. The number of hydrogen-bond acceptors (Lipinski definition) is 4. The Bertz CT molecular complexity index is 940. The number of benzene rings is 2. The maximum Gasteiger partial charge on any atom is 0.238 e. The molecular weight excluding hydrogens is 398 g/mol. The highest BCUT2D eigenvalue weighted by molar-refractivity contribution is 7.92. The molecule has 1 aliphatic heterocycles. The average molecular weight is 420 g/mol. The standard InChI is InChI=1S/C20H22ClN3O3S/c21-18-8-4-5-9-19(18)22-20(25)16-23-11-13-24(14-12-23)28(26,27)15-10-17-6-2-1-3-7-17/h1-10,15H,11-14,16H2,(H,22,25). The van der Waals surface area contributed by atoms with E-state index in [1.807, 2.05) is 35.2 Å². The Morgan fingerprint density at radius 3 is 2.32 bits per heavy atom. The lowest BCUT2D eigenvalue weighted by molar-refractivity contribution is -0.117.